The summed E-state index contributed by atoms with van der Waals surface area (Å²) in [6, 6.07) is 17.9. The number of benzene rings is 3. The van der Waals surface area contributed by atoms with Crippen molar-refractivity contribution in [2.45, 2.75) is 24.3 Å². The highest BCUT2D eigenvalue weighted by Crippen LogP contribution is 2.19. The predicted octanol–water partition coefficient (Wildman–Crippen LogP) is 3.52. The summed E-state index contributed by atoms with van der Waals surface area (Å²) in [5.41, 5.74) is 0.770. The van der Waals surface area contributed by atoms with Crippen LogP contribution in [-0.4, -0.2) is 20.9 Å². The fourth-order valence-electron chi connectivity index (χ4n) is 2.87. The minimum atomic E-state index is -3.70. The van der Waals surface area contributed by atoms with Crippen LogP contribution < -0.4 is 10.0 Å². The maximum Gasteiger partial charge on any atom is 0.240 e. The molecule has 0 spiro atoms. The Balaban J connectivity index is 1.55. The van der Waals surface area contributed by atoms with Crippen LogP contribution in [-0.2, 0) is 14.8 Å². The molecule has 0 aliphatic carbocycles. The summed E-state index contributed by atoms with van der Waals surface area (Å²) in [5, 5.41) is 4.55. The van der Waals surface area contributed by atoms with Crippen LogP contribution in [0.5, 0.6) is 0 Å². The van der Waals surface area contributed by atoms with E-state index in [-0.39, 0.29) is 35.6 Å². The van der Waals surface area contributed by atoms with E-state index in [1.165, 1.54) is 12.1 Å². The van der Waals surface area contributed by atoms with E-state index in [0.29, 0.717) is 0 Å². The van der Waals surface area contributed by atoms with Crippen LogP contribution in [0, 0.1) is 5.82 Å². The molecule has 28 heavy (non-hydrogen) atoms. The lowest BCUT2D eigenvalue weighted by molar-refractivity contribution is -0.121. The van der Waals surface area contributed by atoms with Crippen molar-refractivity contribution in [2.75, 3.05) is 6.54 Å². The maximum absolute atomic E-state index is 13.0. The largest absolute Gasteiger partial charge is 0.350 e. The van der Waals surface area contributed by atoms with Gasteiger partial charge < -0.3 is 5.32 Å². The molecular formula is C21H21FN2O3S. The number of amides is 1. The first kappa shape index (κ1) is 20.0. The molecule has 3 aromatic rings. The van der Waals surface area contributed by atoms with Gasteiger partial charge in [0.15, 0.2) is 0 Å². The molecule has 0 aliphatic heterocycles. The van der Waals surface area contributed by atoms with Gasteiger partial charge in [0.1, 0.15) is 5.82 Å². The van der Waals surface area contributed by atoms with Crippen molar-refractivity contribution in [3.05, 3.63) is 78.1 Å². The molecule has 0 saturated carbocycles. The second-order valence-corrected chi connectivity index (χ2v) is 8.26. The molecule has 2 N–H and O–H groups in total. The summed E-state index contributed by atoms with van der Waals surface area (Å²) >= 11 is 0. The topological polar surface area (TPSA) is 75.3 Å². The van der Waals surface area contributed by atoms with Gasteiger partial charge in [-0.3, -0.25) is 4.79 Å². The third kappa shape index (κ3) is 4.94. The summed E-state index contributed by atoms with van der Waals surface area (Å²) in [4.78, 5) is 12.2. The SMILES string of the molecule is C[C@H](NC(=O)CCNS(=O)(=O)c1ccc2ccccc2c1)c1ccc(F)cc1. The van der Waals surface area contributed by atoms with E-state index in [1.807, 2.05) is 24.3 Å². The Labute approximate surface area is 163 Å². The van der Waals surface area contributed by atoms with Gasteiger partial charge >= 0.3 is 0 Å². The van der Waals surface area contributed by atoms with Crippen LogP contribution in [0.1, 0.15) is 24.9 Å². The van der Waals surface area contributed by atoms with Crippen LogP contribution in [0.25, 0.3) is 10.8 Å². The van der Waals surface area contributed by atoms with Crippen molar-refractivity contribution in [1.82, 2.24) is 10.0 Å². The third-order valence-electron chi connectivity index (χ3n) is 4.42. The monoisotopic (exact) mass is 400 g/mol. The van der Waals surface area contributed by atoms with Crippen molar-refractivity contribution < 1.29 is 17.6 Å². The molecule has 5 nitrogen and oxygen atoms in total. The van der Waals surface area contributed by atoms with Crippen LogP contribution in [0.3, 0.4) is 0 Å². The van der Waals surface area contributed by atoms with Gasteiger partial charge in [-0.1, -0.05) is 42.5 Å². The van der Waals surface area contributed by atoms with E-state index in [9.17, 15) is 17.6 Å². The first-order valence-corrected chi connectivity index (χ1v) is 10.4. The molecule has 0 aliphatic rings. The second kappa shape index (κ2) is 8.50. The number of carbonyl (C=O) groups excluding carboxylic acids is 1. The Morgan fingerprint density at radius 2 is 1.68 bits per heavy atom. The molecule has 1 amide bonds. The minimum absolute atomic E-state index is 0.00164. The number of carbonyl (C=O) groups is 1. The zero-order chi connectivity index (χ0) is 20.1. The van der Waals surface area contributed by atoms with E-state index >= 15 is 0 Å². The lowest BCUT2D eigenvalue weighted by atomic mass is 10.1. The van der Waals surface area contributed by atoms with Crippen molar-refractivity contribution in [3.8, 4) is 0 Å². The standard InChI is InChI=1S/C21H21FN2O3S/c1-15(16-6-9-19(22)10-7-16)24-21(25)12-13-23-28(26,27)20-11-8-17-4-2-3-5-18(17)14-20/h2-11,14-15,23H,12-13H2,1H3,(H,24,25)/t15-/m0/s1. The molecule has 1 atom stereocenters. The lowest BCUT2D eigenvalue weighted by Gasteiger charge is -2.14. The van der Waals surface area contributed by atoms with Gasteiger partial charge in [0.05, 0.1) is 10.9 Å². The van der Waals surface area contributed by atoms with E-state index in [2.05, 4.69) is 10.0 Å². The van der Waals surface area contributed by atoms with Crippen molar-refractivity contribution in [2.24, 2.45) is 0 Å². The Morgan fingerprint density at radius 3 is 2.39 bits per heavy atom. The van der Waals surface area contributed by atoms with Crippen LogP contribution in [0.4, 0.5) is 4.39 Å². The van der Waals surface area contributed by atoms with Gasteiger partial charge in [0, 0.05) is 13.0 Å². The molecule has 3 rings (SSSR count). The molecule has 0 heterocycles. The van der Waals surface area contributed by atoms with Crippen LogP contribution in [0.15, 0.2) is 71.6 Å². The number of nitrogens with one attached hydrogen (secondary N) is 2. The van der Waals surface area contributed by atoms with Gasteiger partial charge in [0.25, 0.3) is 0 Å². The van der Waals surface area contributed by atoms with Crippen LogP contribution >= 0.6 is 0 Å². The second-order valence-electron chi connectivity index (χ2n) is 6.50. The zero-order valence-electron chi connectivity index (χ0n) is 15.4. The van der Waals surface area contributed by atoms with Gasteiger partial charge in [-0.25, -0.2) is 17.5 Å². The number of hydrogen-bond donors (Lipinski definition) is 2. The normalized spacial score (nSPS) is 12.6. The van der Waals surface area contributed by atoms with E-state index in [1.54, 1.807) is 37.3 Å². The van der Waals surface area contributed by atoms with Gasteiger partial charge in [-0.15, -0.1) is 0 Å². The molecule has 0 fully saturated rings. The molecule has 0 saturated heterocycles. The summed E-state index contributed by atoms with van der Waals surface area (Å²) in [6.07, 6.45) is -0.00164. The molecule has 0 unspecified atom stereocenters. The van der Waals surface area contributed by atoms with E-state index in [4.69, 9.17) is 0 Å². The smallest absolute Gasteiger partial charge is 0.240 e. The Morgan fingerprint density at radius 1 is 1.00 bits per heavy atom. The average molecular weight is 400 g/mol. The predicted molar refractivity (Wildman–Crippen MR) is 107 cm³/mol. The highest BCUT2D eigenvalue weighted by Gasteiger charge is 2.15. The molecule has 0 radical (unpaired) electrons. The number of hydrogen-bond acceptors (Lipinski definition) is 3. The summed E-state index contributed by atoms with van der Waals surface area (Å²) in [5.74, 6) is -0.636. The summed E-state index contributed by atoms with van der Waals surface area (Å²) < 4.78 is 40.3. The quantitative estimate of drug-likeness (QED) is 0.637. The van der Waals surface area contributed by atoms with E-state index in [0.717, 1.165) is 16.3 Å². The fraction of sp³-hybridized carbons (Fsp3) is 0.190. The van der Waals surface area contributed by atoms with Gasteiger partial charge in [-0.05, 0) is 47.5 Å². The summed E-state index contributed by atoms with van der Waals surface area (Å²) in [6.45, 7) is 1.77. The highest BCUT2D eigenvalue weighted by molar-refractivity contribution is 7.89. The van der Waals surface area contributed by atoms with E-state index < -0.39 is 10.0 Å². The van der Waals surface area contributed by atoms with Crippen molar-refractivity contribution >= 4 is 26.7 Å². The van der Waals surface area contributed by atoms with Gasteiger partial charge in [-0.2, -0.15) is 0 Å². The van der Waals surface area contributed by atoms with Crippen LogP contribution in [0.2, 0.25) is 0 Å². The number of halogens is 1. The van der Waals surface area contributed by atoms with Crippen molar-refractivity contribution in [3.63, 3.8) is 0 Å². The molecule has 146 valence electrons. The maximum atomic E-state index is 13.0. The average Bonchev–Trinajstić information content (AvgIpc) is 2.68. The molecular weight excluding hydrogens is 379 g/mol. The molecule has 0 aromatic heterocycles. The van der Waals surface area contributed by atoms with Gasteiger partial charge in [0.2, 0.25) is 15.9 Å². The Kier molecular flexibility index (Phi) is 6.06. The Hall–Kier alpha value is -2.77. The third-order valence-corrected chi connectivity index (χ3v) is 5.88. The number of rotatable bonds is 7. The summed E-state index contributed by atoms with van der Waals surface area (Å²) in [7, 11) is -3.70. The Bertz CT molecular complexity index is 1080. The molecule has 0 bridgehead atoms. The number of sulfonamides is 1. The molecule has 3 aromatic carbocycles. The fourth-order valence-corrected chi connectivity index (χ4v) is 3.93. The highest BCUT2D eigenvalue weighted by atomic mass is 32.2. The number of fused-ring (bicyclic) bond motifs is 1. The minimum Gasteiger partial charge on any atom is -0.350 e. The first-order valence-electron chi connectivity index (χ1n) is 8.88. The first-order chi connectivity index (χ1) is 13.3. The van der Waals surface area contributed by atoms with Crippen molar-refractivity contribution in [1.29, 1.82) is 0 Å². The lowest BCUT2D eigenvalue weighted by Crippen LogP contribution is -2.32. The zero-order valence-corrected chi connectivity index (χ0v) is 16.2. The molecule has 7 heteroatoms.